The van der Waals surface area contributed by atoms with Crippen LogP contribution in [0.2, 0.25) is 0 Å². The molecular formula is C19H31BrO2. The smallest absolute Gasteiger partial charge is 0.0744 e. The average molecular weight is 371 g/mol. The summed E-state index contributed by atoms with van der Waals surface area (Å²) in [6.07, 6.45) is 7.65. The number of allylic oxidation sites excluding steroid dienone is 2. The van der Waals surface area contributed by atoms with Gasteiger partial charge in [0.15, 0.2) is 0 Å². The normalized spacial score (nSPS) is 29.4. The van der Waals surface area contributed by atoms with Crippen molar-refractivity contribution in [1.29, 1.82) is 0 Å². The number of halogens is 1. The van der Waals surface area contributed by atoms with Crippen LogP contribution in [-0.2, 0) is 0 Å². The van der Waals surface area contributed by atoms with Crippen LogP contribution < -0.4 is 0 Å². The second-order valence-electron chi connectivity index (χ2n) is 7.10. The monoisotopic (exact) mass is 370 g/mol. The van der Waals surface area contributed by atoms with Crippen molar-refractivity contribution in [2.75, 3.05) is 0 Å². The van der Waals surface area contributed by atoms with Crippen molar-refractivity contribution in [3.05, 3.63) is 36.5 Å². The SMILES string of the molecule is C=CCC(C)(O)C[C@H]1C(C)=CC[C@H](Br)[C@H]1CC[C@@H](O)C(=C)C. The van der Waals surface area contributed by atoms with E-state index in [4.69, 9.17) is 0 Å². The molecule has 1 unspecified atom stereocenters. The molecule has 0 saturated heterocycles. The van der Waals surface area contributed by atoms with E-state index in [1.165, 1.54) is 5.57 Å². The average Bonchev–Trinajstić information content (AvgIpc) is 2.41. The van der Waals surface area contributed by atoms with E-state index in [1.54, 1.807) is 6.08 Å². The van der Waals surface area contributed by atoms with Crippen LogP contribution in [0.15, 0.2) is 36.5 Å². The Labute approximate surface area is 144 Å². The Hall–Kier alpha value is -0.380. The third kappa shape index (κ3) is 5.68. The van der Waals surface area contributed by atoms with Gasteiger partial charge in [-0.3, -0.25) is 0 Å². The predicted octanol–water partition coefficient (Wildman–Crippen LogP) is 4.77. The molecule has 0 aromatic carbocycles. The molecule has 0 saturated carbocycles. The maximum Gasteiger partial charge on any atom is 0.0744 e. The van der Waals surface area contributed by atoms with Crippen LogP contribution >= 0.6 is 15.9 Å². The van der Waals surface area contributed by atoms with Crippen LogP contribution in [0.5, 0.6) is 0 Å². The van der Waals surface area contributed by atoms with Gasteiger partial charge < -0.3 is 10.2 Å². The van der Waals surface area contributed by atoms with E-state index in [0.717, 1.165) is 31.3 Å². The summed E-state index contributed by atoms with van der Waals surface area (Å²) in [4.78, 5) is 0.401. The van der Waals surface area contributed by atoms with E-state index in [9.17, 15) is 10.2 Å². The fourth-order valence-corrected chi connectivity index (χ4v) is 4.19. The van der Waals surface area contributed by atoms with E-state index in [0.29, 0.717) is 23.1 Å². The van der Waals surface area contributed by atoms with Crippen molar-refractivity contribution >= 4 is 15.9 Å². The first-order valence-electron chi connectivity index (χ1n) is 8.15. The summed E-state index contributed by atoms with van der Waals surface area (Å²) < 4.78 is 0. The molecule has 1 aliphatic carbocycles. The molecule has 1 aliphatic rings. The van der Waals surface area contributed by atoms with Crippen LogP contribution in [-0.4, -0.2) is 26.7 Å². The lowest BCUT2D eigenvalue weighted by atomic mass is 9.71. The number of aliphatic hydroxyl groups is 2. The molecule has 0 aromatic heterocycles. The van der Waals surface area contributed by atoms with Gasteiger partial charge in [0, 0.05) is 4.83 Å². The predicted molar refractivity (Wildman–Crippen MR) is 98.2 cm³/mol. The van der Waals surface area contributed by atoms with Crippen molar-refractivity contribution in [3.8, 4) is 0 Å². The highest BCUT2D eigenvalue weighted by Gasteiger charge is 2.36. The zero-order valence-electron chi connectivity index (χ0n) is 14.2. The van der Waals surface area contributed by atoms with Crippen LogP contribution in [0.3, 0.4) is 0 Å². The van der Waals surface area contributed by atoms with Gasteiger partial charge in [-0.1, -0.05) is 45.8 Å². The zero-order valence-corrected chi connectivity index (χ0v) is 15.8. The van der Waals surface area contributed by atoms with E-state index in [1.807, 2.05) is 13.8 Å². The van der Waals surface area contributed by atoms with Crippen LogP contribution in [0.4, 0.5) is 0 Å². The minimum Gasteiger partial charge on any atom is -0.390 e. The largest absolute Gasteiger partial charge is 0.390 e. The Kier molecular flexibility index (Phi) is 7.57. The van der Waals surface area contributed by atoms with Gasteiger partial charge in [0.05, 0.1) is 11.7 Å². The molecule has 0 amide bonds. The molecule has 5 atom stereocenters. The molecule has 0 radical (unpaired) electrons. The molecule has 0 aliphatic heterocycles. The van der Waals surface area contributed by atoms with Crippen molar-refractivity contribution in [1.82, 2.24) is 0 Å². The molecule has 0 bridgehead atoms. The lowest BCUT2D eigenvalue weighted by molar-refractivity contribution is 0.0296. The second-order valence-corrected chi connectivity index (χ2v) is 8.28. The Morgan fingerprint density at radius 1 is 1.59 bits per heavy atom. The summed E-state index contributed by atoms with van der Waals surface area (Å²) in [5.74, 6) is 0.765. The number of aliphatic hydroxyl groups excluding tert-OH is 1. The Morgan fingerprint density at radius 3 is 2.77 bits per heavy atom. The van der Waals surface area contributed by atoms with Gasteiger partial charge in [-0.25, -0.2) is 0 Å². The van der Waals surface area contributed by atoms with Crippen molar-refractivity contribution < 1.29 is 10.2 Å². The minimum absolute atomic E-state index is 0.338. The van der Waals surface area contributed by atoms with E-state index < -0.39 is 11.7 Å². The van der Waals surface area contributed by atoms with Gasteiger partial charge in [0.2, 0.25) is 0 Å². The Balaban J connectivity index is 2.82. The highest BCUT2D eigenvalue weighted by molar-refractivity contribution is 9.09. The molecule has 0 aromatic rings. The molecular weight excluding hydrogens is 340 g/mol. The van der Waals surface area contributed by atoms with Crippen LogP contribution in [0.1, 0.15) is 52.9 Å². The molecule has 0 fully saturated rings. The van der Waals surface area contributed by atoms with Crippen molar-refractivity contribution in [2.24, 2.45) is 11.8 Å². The Bertz CT molecular complexity index is 425. The van der Waals surface area contributed by atoms with Gasteiger partial charge in [0.25, 0.3) is 0 Å². The van der Waals surface area contributed by atoms with Crippen LogP contribution in [0.25, 0.3) is 0 Å². The minimum atomic E-state index is -0.725. The topological polar surface area (TPSA) is 40.5 Å². The summed E-state index contributed by atoms with van der Waals surface area (Å²) in [6, 6.07) is 0. The van der Waals surface area contributed by atoms with E-state index in [-0.39, 0.29) is 0 Å². The fourth-order valence-electron chi connectivity index (χ4n) is 3.37. The first-order valence-corrected chi connectivity index (χ1v) is 9.07. The zero-order chi connectivity index (χ0) is 16.9. The molecule has 0 heterocycles. The summed E-state index contributed by atoms with van der Waals surface area (Å²) in [5, 5.41) is 20.6. The van der Waals surface area contributed by atoms with Gasteiger partial charge in [0.1, 0.15) is 0 Å². The molecule has 126 valence electrons. The summed E-state index contributed by atoms with van der Waals surface area (Å²) >= 11 is 3.81. The fraction of sp³-hybridized carbons (Fsp3) is 0.684. The van der Waals surface area contributed by atoms with E-state index >= 15 is 0 Å². The van der Waals surface area contributed by atoms with Gasteiger partial charge in [-0.2, -0.15) is 0 Å². The Morgan fingerprint density at radius 2 is 2.23 bits per heavy atom. The van der Waals surface area contributed by atoms with Crippen molar-refractivity contribution in [2.45, 2.75) is 69.4 Å². The third-order valence-electron chi connectivity index (χ3n) is 4.82. The summed E-state index contributed by atoms with van der Waals surface area (Å²) in [5.41, 5.74) is 1.45. The van der Waals surface area contributed by atoms with Gasteiger partial charge in [-0.15, -0.1) is 6.58 Å². The first kappa shape index (κ1) is 19.7. The molecule has 3 heteroatoms. The molecule has 2 nitrogen and oxygen atoms in total. The van der Waals surface area contributed by atoms with Crippen LogP contribution in [0, 0.1) is 11.8 Å². The van der Waals surface area contributed by atoms with E-state index in [2.05, 4.69) is 42.1 Å². The van der Waals surface area contributed by atoms with Gasteiger partial charge in [-0.05, 0) is 64.7 Å². The highest BCUT2D eigenvalue weighted by atomic mass is 79.9. The molecule has 22 heavy (non-hydrogen) atoms. The summed E-state index contributed by atoms with van der Waals surface area (Å²) in [6.45, 7) is 13.5. The first-order chi connectivity index (χ1) is 10.2. The standard InChI is InChI=1S/C19H31BrO2/c1-6-11-19(5,22)12-16-14(4)7-9-17(20)15(16)8-10-18(21)13(2)3/h6-7,15-18,21-22H,1-2,8-12H2,3-5H3/t15-,16-,17-,18+,19?/m0/s1. The highest BCUT2D eigenvalue weighted by Crippen LogP contribution is 2.42. The number of rotatable bonds is 8. The molecule has 0 spiro atoms. The van der Waals surface area contributed by atoms with Crippen molar-refractivity contribution in [3.63, 3.8) is 0 Å². The lowest BCUT2D eigenvalue weighted by Crippen LogP contribution is -2.36. The number of hydrogen-bond acceptors (Lipinski definition) is 2. The summed E-state index contributed by atoms with van der Waals surface area (Å²) in [7, 11) is 0. The quantitative estimate of drug-likeness (QED) is 0.477. The second kappa shape index (κ2) is 8.47. The molecule has 2 N–H and O–H groups in total. The lowest BCUT2D eigenvalue weighted by Gasteiger charge is -2.39. The van der Waals surface area contributed by atoms with Gasteiger partial charge >= 0.3 is 0 Å². The number of hydrogen-bond donors (Lipinski definition) is 2. The maximum absolute atomic E-state index is 10.6. The number of alkyl halides is 1. The third-order valence-corrected chi connectivity index (χ3v) is 5.87. The molecule has 1 rings (SSSR count). The maximum atomic E-state index is 10.6.